The molecule has 0 saturated carbocycles. The lowest BCUT2D eigenvalue weighted by Gasteiger charge is -2.08. The summed E-state index contributed by atoms with van der Waals surface area (Å²) in [6, 6.07) is 24.1. The van der Waals surface area contributed by atoms with E-state index in [0.717, 1.165) is 10.9 Å². The van der Waals surface area contributed by atoms with Crippen molar-refractivity contribution in [2.24, 2.45) is 0 Å². The maximum atomic E-state index is 12.8. The van der Waals surface area contributed by atoms with Gasteiger partial charge in [-0.2, -0.15) is 0 Å². The maximum Gasteiger partial charge on any atom is 0.133 e. The molecule has 0 aromatic heterocycles. The first kappa shape index (κ1) is 13.9. The molecule has 0 aliphatic rings. The van der Waals surface area contributed by atoms with Gasteiger partial charge in [0.1, 0.15) is 7.14 Å². The first-order valence-corrected chi connectivity index (χ1v) is 9.19. The van der Waals surface area contributed by atoms with Crippen LogP contribution in [0.3, 0.4) is 0 Å². The molecule has 104 valence electrons. The second-order valence-corrected chi connectivity index (χ2v) is 8.00. The normalized spacial score (nSPS) is 14.3. The predicted molar refractivity (Wildman–Crippen MR) is 92.6 cm³/mol. The Kier molecular flexibility index (Phi) is 3.77. The van der Waals surface area contributed by atoms with E-state index in [2.05, 4.69) is 24.3 Å². The van der Waals surface area contributed by atoms with E-state index in [4.69, 9.17) is 0 Å². The highest BCUT2D eigenvalue weighted by Gasteiger charge is 2.13. The minimum atomic E-state index is -2.47. The third kappa shape index (κ3) is 2.99. The largest absolute Gasteiger partial charge is 0.315 e. The smallest absolute Gasteiger partial charge is 0.133 e. The molecule has 3 aromatic rings. The van der Waals surface area contributed by atoms with E-state index in [1.807, 2.05) is 67.1 Å². The van der Waals surface area contributed by atoms with E-state index in [9.17, 15) is 4.57 Å². The van der Waals surface area contributed by atoms with Crippen molar-refractivity contribution >= 4 is 29.3 Å². The Bertz CT molecular complexity index is 829. The zero-order valence-corrected chi connectivity index (χ0v) is 12.8. The first-order chi connectivity index (χ1) is 10.2. The lowest BCUT2D eigenvalue weighted by Crippen LogP contribution is -1.99. The van der Waals surface area contributed by atoms with E-state index in [0.29, 0.717) is 0 Å². The molecule has 21 heavy (non-hydrogen) atoms. The Balaban J connectivity index is 2.00. The average molecular weight is 292 g/mol. The van der Waals surface area contributed by atoms with Crippen LogP contribution in [-0.2, 0) is 4.57 Å². The molecule has 0 aliphatic carbocycles. The second-order valence-electron chi connectivity index (χ2n) is 5.21. The summed E-state index contributed by atoms with van der Waals surface area (Å²) in [5, 5.41) is 3.27. The van der Waals surface area contributed by atoms with Crippen molar-refractivity contribution in [3.05, 3.63) is 84.2 Å². The van der Waals surface area contributed by atoms with Gasteiger partial charge in [-0.3, -0.25) is 0 Å². The Morgan fingerprint density at radius 2 is 1.48 bits per heavy atom. The van der Waals surface area contributed by atoms with Gasteiger partial charge in [-0.05, 0) is 28.8 Å². The van der Waals surface area contributed by atoms with Gasteiger partial charge in [0.15, 0.2) is 0 Å². The molecule has 0 aliphatic heterocycles. The number of fused-ring (bicyclic) bond motifs is 1. The van der Waals surface area contributed by atoms with E-state index in [-0.39, 0.29) is 0 Å². The van der Waals surface area contributed by atoms with Gasteiger partial charge in [0.2, 0.25) is 0 Å². The highest BCUT2D eigenvalue weighted by atomic mass is 31.2. The molecule has 1 nitrogen and oxygen atoms in total. The standard InChI is InChI=1S/C19H17OP/c1-21(20,18-11-3-2-4-12-18)15-14-17-10-7-9-16-8-5-6-13-19(16)17/h2-15H,1H3/b15-14+/t21-/m0/s1. The summed E-state index contributed by atoms with van der Waals surface area (Å²) in [4.78, 5) is 0. The quantitative estimate of drug-likeness (QED) is 0.612. The molecule has 0 N–H and O–H groups in total. The molecular formula is C19H17OP. The fraction of sp³-hybridized carbons (Fsp3) is 0.0526. The SMILES string of the molecule is C[P@](=O)(/C=C/c1cccc2ccccc12)c1ccccc1. The molecule has 0 unspecified atom stereocenters. The van der Waals surface area contributed by atoms with E-state index < -0.39 is 7.14 Å². The lowest BCUT2D eigenvalue weighted by molar-refractivity contribution is 0.590. The van der Waals surface area contributed by atoms with E-state index in [1.54, 1.807) is 0 Å². The number of hydrogen-bond acceptors (Lipinski definition) is 1. The van der Waals surface area contributed by atoms with Crippen LogP contribution in [0.25, 0.3) is 16.8 Å². The number of hydrogen-bond donors (Lipinski definition) is 0. The Morgan fingerprint density at radius 1 is 0.810 bits per heavy atom. The first-order valence-electron chi connectivity index (χ1n) is 6.97. The molecule has 0 saturated heterocycles. The van der Waals surface area contributed by atoms with Crippen molar-refractivity contribution in [2.75, 3.05) is 6.66 Å². The second kappa shape index (κ2) is 5.71. The van der Waals surface area contributed by atoms with Gasteiger partial charge < -0.3 is 4.57 Å². The summed E-state index contributed by atoms with van der Waals surface area (Å²) in [7, 11) is -2.47. The molecule has 0 bridgehead atoms. The predicted octanol–water partition coefficient (Wildman–Crippen LogP) is 5.13. The average Bonchev–Trinajstić information content (AvgIpc) is 2.54. The Morgan fingerprint density at radius 3 is 2.29 bits per heavy atom. The van der Waals surface area contributed by atoms with Crippen molar-refractivity contribution < 1.29 is 4.57 Å². The van der Waals surface area contributed by atoms with Crippen molar-refractivity contribution in [2.45, 2.75) is 0 Å². The zero-order valence-electron chi connectivity index (χ0n) is 11.9. The van der Waals surface area contributed by atoms with Crippen LogP contribution in [0.4, 0.5) is 0 Å². The fourth-order valence-electron chi connectivity index (χ4n) is 2.43. The molecule has 0 amide bonds. The molecule has 1 atom stereocenters. The van der Waals surface area contributed by atoms with E-state index >= 15 is 0 Å². The highest BCUT2D eigenvalue weighted by Crippen LogP contribution is 2.42. The summed E-state index contributed by atoms with van der Waals surface area (Å²) >= 11 is 0. The number of rotatable bonds is 3. The molecule has 3 rings (SSSR count). The van der Waals surface area contributed by atoms with Gasteiger partial charge in [-0.1, -0.05) is 78.9 Å². The van der Waals surface area contributed by atoms with Crippen LogP contribution in [0, 0.1) is 0 Å². The Labute approximate surface area is 125 Å². The van der Waals surface area contributed by atoms with E-state index in [1.165, 1.54) is 10.8 Å². The molecule has 0 radical (unpaired) electrons. The van der Waals surface area contributed by atoms with Crippen molar-refractivity contribution in [3.63, 3.8) is 0 Å². The summed E-state index contributed by atoms with van der Waals surface area (Å²) in [6.07, 6.45) is 1.98. The van der Waals surface area contributed by atoms with Crippen LogP contribution in [-0.4, -0.2) is 6.66 Å². The van der Waals surface area contributed by atoms with Crippen molar-refractivity contribution in [3.8, 4) is 0 Å². The van der Waals surface area contributed by atoms with Gasteiger partial charge in [0.05, 0.1) is 0 Å². The fourth-order valence-corrected chi connectivity index (χ4v) is 3.81. The summed E-state index contributed by atoms with van der Waals surface area (Å²) in [5.74, 6) is 1.85. The van der Waals surface area contributed by atoms with Crippen LogP contribution in [0.15, 0.2) is 78.6 Å². The van der Waals surface area contributed by atoms with Crippen LogP contribution < -0.4 is 5.30 Å². The lowest BCUT2D eigenvalue weighted by atomic mass is 10.1. The third-order valence-corrected chi connectivity index (χ3v) is 5.67. The topological polar surface area (TPSA) is 17.1 Å². The van der Waals surface area contributed by atoms with Crippen LogP contribution in [0.5, 0.6) is 0 Å². The van der Waals surface area contributed by atoms with Gasteiger partial charge >= 0.3 is 0 Å². The molecule has 0 spiro atoms. The van der Waals surface area contributed by atoms with Gasteiger partial charge in [-0.15, -0.1) is 0 Å². The molecule has 3 aromatic carbocycles. The molecule has 0 fully saturated rings. The van der Waals surface area contributed by atoms with Crippen molar-refractivity contribution in [1.82, 2.24) is 0 Å². The Hall–Kier alpha value is -2.11. The minimum absolute atomic E-state index is 0.890. The molecule has 0 heterocycles. The number of benzene rings is 3. The molecular weight excluding hydrogens is 275 g/mol. The highest BCUT2D eigenvalue weighted by molar-refractivity contribution is 7.74. The molecule has 2 heteroatoms. The van der Waals surface area contributed by atoms with Gasteiger partial charge in [-0.25, -0.2) is 0 Å². The van der Waals surface area contributed by atoms with Crippen molar-refractivity contribution in [1.29, 1.82) is 0 Å². The van der Waals surface area contributed by atoms with Crippen LogP contribution >= 0.6 is 7.14 Å². The monoisotopic (exact) mass is 292 g/mol. The summed E-state index contributed by atoms with van der Waals surface area (Å²) in [6.45, 7) is 1.81. The minimum Gasteiger partial charge on any atom is -0.315 e. The third-order valence-electron chi connectivity index (χ3n) is 3.63. The van der Waals surface area contributed by atoms with Crippen LogP contribution in [0.2, 0.25) is 0 Å². The zero-order chi connectivity index (χ0) is 14.7. The summed E-state index contributed by atoms with van der Waals surface area (Å²) < 4.78 is 12.8. The summed E-state index contributed by atoms with van der Waals surface area (Å²) in [5.41, 5.74) is 1.10. The van der Waals surface area contributed by atoms with Crippen LogP contribution in [0.1, 0.15) is 5.56 Å². The maximum absolute atomic E-state index is 12.8. The van der Waals surface area contributed by atoms with Gasteiger partial charge in [0, 0.05) is 5.30 Å². The van der Waals surface area contributed by atoms with Gasteiger partial charge in [0.25, 0.3) is 0 Å².